The maximum Gasteiger partial charge on any atom is 0.0597 e. The second-order valence-electron chi connectivity index (χ2n) is 7.95. The lowest BCUT2D eigenvalue weighted by molar-refractivity contribution is -0.0281. The van der Waals surface area contributed by atoms with E-state index < -0.39 is 0 Å². The Morgan fingerprint density at radius 3 is 2.08 bits per heavy atom. The van der Waals surface area contributed by atoms with Gasteiger partial charge in [-0.05, 0) is 91.4 Å². The van der Waals surface area contributed by atoms with Crippen molar-refractivity contribution in [1.29, 1.82) is 0 Å². The molecule has 0 radical (unpaired) electrons. The first-order valence-electron chi connectivity index (χ1n) is 10.2. The first kappa shape index (κ1) is 22.2. The van der Waals surface area contributed by atoms with Crippen molar-refractivity contribution in [2.24, 2.45) is 5.92 Å². The van der Waals surface area contributed by atoms with Gasteiger partial charge in [0, 0.05) is 13.2 Å². The zero-order valence-corrected chi connectivity index (χ0v) is 17.0. The van der Waals surface area contributed by atoms with Crippen LogP contribution in [0.4, 0.5) is 0 Å². The molecule has 0 saturated carbocycles. The molecule has 1 saturated heterocycles. The van der Waals surface area contributed by atoms with Gasteiger partial charge in [0.15, 0.2) is 0 Å². The minimum Gasteiger partial charge on any atom is -0.396 e. The summed E-state index contributed by atoms with van der Waals surface area (Å²) >= 11 is 0. The van der Waals surface area contributed by atoms with Crippen LogP contribution < -0.4 is 0 Å². The van der Waals surface area contributed by atoms with Crippen LogP contribution in [-0.4, -0.2) is 24.4 Å². The Balaban J connectivity index is 2.14. The van der Waals surface area contributed by atoms with Crippen LogP contribution in [0.5, 0.6) is 0 Å². The molecule has 1 rings (SSSR count). The van der Waals surface area contributed by atoms with Crippen molar-refractivity contribution in [3.05, 3.63) is 34.9 Å². The Labute approximate surface area is 156 Å². The van der Waals surface area contributed by atoms with Crippen molar-refractivity contribution < 1.29 is 9.84 Å². The van der Waals surface area contributed by atoms with Crippen molar-refractivity contribution in [3.63, 3.8) is 0 Å². The van der Waals surface area contributed by atoms with E-state index in [9.17, 15) is 0 Å². The Bertz CT molecular complexity index is 433. The van der Waals surface area contributed by atoms with E-state index in [4.69, 9.17) is 9.84 Å². The second kappa shape index (κ2) is 13.4. The highest BCUT2D eigenvalue weighted by atomic mass is 16.5. The Hall–Kier alpha value is -0.860. The molecule has 0 aromatic carbocycles. The summed E-state index contributed by atoms with van der Waals surface area (Å²) in [5.74, 6) is 0.705. The SMILES string of the molecule is CC(C)=CCC/C(C)=C/CC/C(C)=C/CC[C@H]1CC[C@H](CCO)OC1. The van der Waals surface area contributed by atoms with Gasteiger partial charge in [-0.1, -0.05) is 34.9 Å². The van der Waals surface area contributed by atoms with Crippen LogP contribution in [0.1, 0.15) is 85.5 Å². The molecular weight excluding hydrogens is 308 g/mol. The molecule has 25 heavy (non-hydrogen) atoms. The number of hydrogen-bond acceptors (Lipinski definition) is 2. The number of rotatable bonds is 11. The summed E-state index contributed by atoms with van der Waals surface area (Å²) in [6, 6.07) is 0. The van der Waals surface area contributed by atoms with E-state index in [1.165, 1.54) is 61.7 Å². The van der Waals surface area contributed by atoms with Gasteiger partial charge in [0.1, 0.15) is 0 Å². The third-order valence-corrected chi connectivity index (χ3v) is 5.11. The number of ether oxygens (including phenoxy) is 1. The molecule has 144 valence electrons. The third-order valence-electron chi connectivity index (χ3n) is 5.11. The van der Waals surface area contributed by atoms with Crippen LogP contribution >= 0.6 is 0 Å². The fourth-order valence-corrected chi connectivity index (χ4v) is 3.36. The van der Waals surface area contributed by atoms with E-state index in [-0.39, 0.29) is 6.61 Å². The second-order valence-corrected chi connectivity index (χ2v) is 7.95. The predicted octanol–water partition coefficient (Wildman–Crippen LogP) is 6.36. The molecule has 0 spiro atoms. The van der Waals surface area contributed by atoms with Gasteiger partial charge in [0.2, 0.25) is 0 Å². The summed E-state index contributed by atoms with van der Waals surface area (Å²) in [7, 11) is 0. The van der Waals surface area contributed by atoms with Gasteiger partial charge in [-0.3, -0.25) is 0 Å². The Morgan fingerprint density at radius 1 is 0.880 bits per heavy atom. The first-order chi connectivity index (χ1) is 12.0. The quantitative estimate of drug-likeness (QED) is 0.440. The summed E-state index contributed by atoms with van der Waals surface area (Å²) in [4.78, 5) is 0. The monoisotopic (exact) mass is 348 g/mol. The minimum atomic E-state index is 0.250. The fourth-order valence-electron chi connectivity index (χ4n) is 3.36. The molecule has 2 heteroatoms. The topological polar surface area (TPSA) is 29.5 Å². The van der Waals surface area contributed by atoms with Gasteiger partial charge in [-0.2, -0.15) is 0 Å². The fraction of sp³-hybridized carbons (Fsp3) is 0.739. The van der Waals surface area contributed by atoms with Gasteiger partial charge in [0.25, 0.3) is 0 Å². The highest BCUT2D eigenvalue weighted by molar-refractivity contribution is 5.05. The third kappa shape index (κ3) is 11.4. The zero-order chi connectivity index (χ0) is 18.5. The summed E-state index contributed by atoms with van der Waals surface area (Å²) in [6.07, 6.45) is 17.7. The number of aliphatic hydroxyl groups excluding tert-OH is 1. The Morgan fingerprint density at radius 2 is 1.52 bits per heavy atom. The van der Waals surface area contributed by atoms with E-state index in [0.717, 1.165) is 19.4 Å². The Kier molecular flexibility index (Phi) is 11.9. The van der Waals surface area contributed by atoms with Crippen molar-refractivity contribution in [2.75, 3.05) is 13.2 Å². The molecule has 1 N–H and O–H groups in total. The lowest BCUT2D eigenvalue weighted by Crippen LogP contribution is -2.26. The van der Waals surface area contributed by atoms with Crippen molar-refractivity contribution in [2.45, 2.75) is 91.6 Å². The average molecular weight is 349 g/mol. The average Bonchev–Trinajstić information content (AvgIpc) is 2.56. The molecule has 2 nitrogen and oxygen atoms in total. The normalized spacial score (nSPS) is 22.1. The molecule has 1 aliphatic heterocycles. The van der Waals surface area contributed by atoms with Gasteiger partial charge < -0.3 is 9.84 Å². The smallest absolute Gasteiger partial charge is 0.0597 e. The predicted molar refractivity (Wildman–Crippen MR) is 109 cm³/mol. The summed E-state index contributed by atoms with van der Waals surface area (Å²) in [5, 5.41) is 8.96. The molecule has 1 heterocycles. The van der Waals surface area contributed by atoms with Gasteiger partial charge in [-0.15, -0.1) is 0 Å². The van der Waals surface area contributed by atoms with Crippen molar-refractivity contribution in [1.82, 2.24) is 0 Å². The van der Waals surface area contributed by atoms with Crippen LogP contribution in [0, 0.1) is 5.92 Å². The minimum absolute atomic E-state index is 0.250. The molecule has 0 aliphatic carbocycles. The molecule has 0 unspecified atom stereocenters. The zero-order valence-electron chi connectivity index (χ0n) is 17.0. The molecule has 0 aromatic heterocycles. The van der Waals surface area contributed by atoms with E-state index in [1.54, 1.807) is 0 Å². The van der Waals surface area contributed by atoms with Crippen LogP contribution in [-0.2, 0) is 4.74 Å². The molecule has 2 atom stereocenters. The summed E-state index contributed by atoms with van der Waals surface area (Å²) in [5.41, 5.74) is 4.45. The molecule has 1 aliphatic rings. The van der Waals surface area contributed by atoms with E-state index >= 15 is 0 Å². The standard InChI is InChI=1S/C23H40O2/c1-19(2)8-5-9-20(3)10-6-11-21(4)12-7-13-22-14-15-23(16-17-24)25-18-22/h8,10,12,22-24H,5-7,9,11,13-18H2,1-4H3/b20-10+,21-12+/t22-,23+/m0/s1. The van der Waals surface area contributed by atoms with Crippen molar-refractivity contribution in [3.8, 4) is 0 Å². The molecule has 0 amide bonds. The molecular formula is C23H40O2. The molecule has 1 fully saturated rings. The van der Waals surface area contributed by atoms with E-state index in [0.29, 0.717) is 12.0 Å². The summed E-state index contributed by atoms with van der Waals surface area (Å²) < 4.78 is 5.83. The van der Waals surface area contributed by atoms with Crippen molar-refractivity contribution >= 4 is 0 Å². The highest BCUT2D eigenvalue weighted by Crippen LogP contribution is 2.24. The lowest BCUT2D eigenvalue weighted by atomic mass is 9.92. The highest BCUT2D eigenvalue weighted by Gasteiger charge is 2.20. The first-order valence-corrected chi connectivity index (χ1v) is 10.2. The number of aliphatic hydroxyl groups is 1. The number of hydrogen-bond donors (Lipinski definition) is 1. The van der Waals surface area contributed by atoms with Gasteiger partial charge >= 0.3 is 0 Å². The van der Waals surface area contributed by atoms with Crippen LogP contribution in [0.15, 0.2) is 34.9 Å². The largest absolute Gasteiger partial charge is 0.396 e. The maximum absolute atomic E-state index is 8.96. The van der Waals surface area contributed by atoms with Crippen LogP contribution in [0.2, 0.25) is 0 Å². The molecule has 0 bridgehead atoms. The summed E-state index contributed by atoms with van der Waals surface area (Å²) in [6.45, 7) is 9.98. The van der Waals surface area contributed by atoms with E-state index in [2.05, 4.69) is 45.9 Å². The van der Waals surface area contributed by atoms with Crippen LogP contribution in [0.25, 0.3) is 0 Å². The molecule has 0 aromatic rings. The number of allylic oxidation sites excluding steroid dienone is 6. The maximum atomic E-state index is 8.96. The van der Waals surface area contributed by atoms with Crippen LogP contribution in [0.3, 0.4) is 0 Å². The lowest BCUT2D eigenvalue weighted by Gasteiger charge is -2.28. The van der Waals surface area contributed by atoms with Gasteiger partial charge in [-0.25, -0.2) is 0 Å². The van der Waals surface area contributed by atoms with E-state index in [1.807, 2.05) is 0 Å². The van der Waals surface area contributed by atoms with Gasteiger partial charge in [0.05, 0.1) is 6.10 Å².